The number of benzene rings is 2. The molecule has 0 aromatic heterocycles. The van der Waals surface area contributed by atoms with E-state index in [1.54, 1.807) is 48.5 Å². The summed E-state index contributed by atoms with van der Waals surface area (Å²) in [5.41, 5.74) is 2.83. The van der Waals surface area contributed by atoms with Crippen LogP contribution in [0.4, 0.5) is 22.7 Å². The molecule has 0 saturated carbocycles. The lowest BCUT2D eigenvalue weighted by atomic mass is 10.2. The van der Waals surface area contributed by atoms with Crippen molar-refractivity contribution in [3.63, 3.8) is 0 Å². The smallest absolute Gasteiger partial charge is 0.226 e. The van der Waals surface area contributed by atoms with Gasteiger partial charge in [0, 0.05) is 23.2 Å². The van der Waals surface area contributed by atoms with Gasteiger partial charge >= 0.3 is 0 Å². The average molecular weight is 352 g/mol. The maximum absolute atomic E-state index is 11.7. The predicted octanol–water partition coefficient (Wildman–Crippen LogP) is 5.29. The van der Waals surface area contributed by atoms with E-state index >= 15 is 0 Å². The number of carbonyl (C=O) groups excluding carboxylic acids is 2. The van der Waals surface area contributed by atoms with Gasteiger partial charge < -0.3 is 10.6 Å². The van der Waals surface area contributed by atoms with E-state index in [2.05, 4.69) is 20.9 Å². The van der Waals surface area contributed by atoms with Crippen molar-refractivity contribution in [3.8, 4) is 0 Å². The average Bonchev–Trinajstić information content (AvgIpc) is 2.62. The van der Waals surface area contributed by atoms with Crippen LogP contribution in [0.2, 0.25) is 0 Å². The van der Waals surface area contributed by atoms with Gasteiger partial charge in [0.25, 0.3) is 0 Å². The molecule has 0 spiro atoms. The fourth-order valence-electron chi connectivity index (χ4n) is 1.91. The predicted molar refractivity (Wildman–Crippen MR) is 104 cm³/mol. The Morgan fingerprint density at radius 2 is 0.962 bits per heavy atom. The number of azo groups is 1. The maximum Gasteiger partial charge on any atom is 0.226 e. The quantitative estimate of drug-likeness (QED) is 0.692. The second-order valence-electron chi connectivity index (χ2n) is 6.58. The Bertz CT molecular complexity index is 711. The number of amides is 2. The van der Waals surface area contributed by atoms with Crippen molar-refractivity contribution in [2.75, 3.05) is 10.6 Å². The van der Waals surface area contributed by atoms with Crippen LogP contribution in [0.3, 0.4) is 0 Å². The van der Waals surface area contributed by atoms with Crippen molar-refractivity contribution < 1.29 is 9.59 Å². The fourth-order valence-corrected chi connectivity index (χ4v) is 1.91. The number of hydrogen-bond donors (Lipinski definition) is 2. The molecule has 0 bridgehead atoms. The van der Waals surface area contributed by atoms with Crippen LogP contribution in [0.1, 0.15) is 27.7 Å². The molecule has 2 N–H and O–H groups in total. The third kappa shape index (κ3) is 5.81. The van der Waals surface area contributed by atoms with E-state index in [0.29, 0.717) is 11.4 Å². The molecular formula is C20H24N4O2. The zero-order valence-electron chi connectivity index (χ0n) is 15.5. The molecule has 26 heavy (non-hydrogen) atoms. The minimum Gasteiger partial charge on any atom is -0.326 e. The SMILES string of the molecule is CC(C)C(=O)Nc1ccc(N=Nc2ccc(NC(=O)C(C)C)cc2)cc1. The zero-order chi connectivity index (χ0) is 19.1. The van der Waals surface area contributed by atoms with Gasteiger partial charge in [-0.25, -0.2) is 0 Å². The van der Waals surface area contributed by atoms with Crippen molar-refractivity contribution in [1.82, 2.24) is 0 Å². The van der Waals surface area contributed by atoms with E-state index < -0.39 is 0 Å². The first-order valence-electron chi connectivity index (χ1n) is 8.58. The summed E-state index contributed by atoms with van der Waals surface area (Å²) in [5, 5.41) is 14.0. The minimum atomic E-state index is -0.0670. The Hall–Kier alpha value is -3.02. The standard InChI is InChI=1S/C20H24N4O2/c1-13(2)19(25)21-15-5-9-17(10-6-15)23-24-18-11-7-16(8-12-18)22-20(26)14(3)4/h5-14H,1-4H3,(H,21,25)(H,22,26). The molecule has 0 heterocycles. The molecule has 2 amide bonds. The number of hydrogen-bond acceptors (Lipinski definition) is 4. The molecule has 6 nitrogen and oxygen atoms in total. The third-order valence-corrected chi connectivity index (χ3v) is 3.60. The van der Waals surface area contributed by atoms with Gasteiger partial charge in [-0.05, 0) is 48.5 Å². The number of carbonyl (C=O) groups is 2. The van der Waals surface area contributed by atoms with Crippen molar-refractivity contribution in [1.29, 1.82) is 0 Å². The van der Waals surface area contributed by atoms with E-state index in [1.165, 1.54) is 0 Å². The maximum atomic E-state index is 11.7. The van der Waals surface area contributed by atoms with E-state index in [0.717, 1.165) is 11.4 Å². The largest absolute Gasteiger partial charge is 0.326 e. The monoisotopic (exact) mass is 352 g/mol. The van der Waals surface area contributed by atoms with Crippen LogP contribution in [-0.2, 0) is 9.59 Å². The van der Waals surface area contributed by atoms with E-state index in [1.807, 2.05) is 27.7 Å². The highest BCUT2D eigenvalue weighted by Gasteiger charge is 2.07. The molecule has 2 aromatic carbocycles. The Kier molecular flexibility index (Phi) is 6.60. The van der Waals surface area contributed by atoms with Crippen LogP contribution >= 0.6 is 0 Å². The van der Waals surface area contributed by atoms with Gasteiger partial charge in [0.1, 0.15) is 0 Å². The van der Waals surface area contributed by atoms with Crippen LogP contribution in [0.15, 0.2) is 58.8 Å². The molecule has 6 heteroatoms. The first-order chi connectivity index (χ1) is 12.3. The zero-order valence-corrected chi connectivity index (χ0v) is 15.5. The molecule has 0 aliphatic heterocycles. The molecule has 0 unspecified atom stereocenters. The van der Waals surface area contributed by atoms with Crippen molar-refractivity contribution in [3.05, 3.63) is 48.5 Å². The number of nitrogens with zero attached hydrogens (tertiary/aromatic N) is 2. The van der Waals surface area contributed by atoms with Gasteiger partial charge in [0.15, 0.2) is 0 Å². The van der Waals surface area contributed by atoms with Gasteiger partial charge in [-0.3, -0.25) is 9.59 Å². The van der Waals surface area contributed by atoms with Crippen LogP contribution in [0, 0.1) is 11.8 Å². The van der Waals surface area contributed by atoms with Crippen molar-refractivity contribution in [2.45, 2.75) is 27.7 Å². The molecule has 136 valence electrons. The lowest BCUT2D eigenvalue weighted by Crippen LogP contribution is -2.17. The summed E-state index contributed by atoms with van der Waals surface area (Å²) in [6.07, 6.45) is 0. The second-order valence-corrected chi connectivity index (χ2v) is 6.58. The summed E-state index contributed by atoms with van der Waals surface area (Å²) in [4.78, 5) is 23.3. The summed E-state index contributed by atoms with van der Waals surface area (Å²) < 4.78 is 0. The summed E-state index contributed by atoms with van der Waals surface area (Å²) in [6.45, 7) is 7.38. The van der Waals surface area contributed by atoms with Gasteiger partial charge in [-0.15, -0.1) is 0 Å². The summed E-state index contributed by atoms with van der Waals surface area (Å²) in [5.74, 6) is -0.182. The van der Waals surface area contributed by atoms with Gasteiger partial charge in [0.2, 0.25) is 11.8 Å². The van der Waals surface area contributed by atoms with Crippen LogP contribution in [-0.4, -0.2) is 11.8 Å². The third-order valence-electron chi connectivity index (χ3n) is 3.60. The van der Waals surface area contributed by atoms with Crippen LogP contribution in [0.5, 0.6) is 0 Å². The lowest BCUT2D eigenvalue weighted by Gasteiger charge is -2.07. The first kappa shape index (κ1) is 19.3. The lowest BCUT2D eigenvalue weighted by molar-refractivity contribution is -0.119. The topological polar surface area (TPSA) is 82.9 Å². The Labute approximate surface area is 153 Å². The second kappa shape index (κ2) is 8.89. The molecule has 0 aliphatic rings. The Morgan fingerprint density at radius 3 is 1.23 bits per heavy atom. The molecule has 2 aromatic rings. The van der Waals surface area contributed by atoms with E-state index in [-0.39, 0.29) is 23.7 Å². The van der Waals surface area contributed by atoms with Crippen molar-refractivity contribution in [2.24, 2.45) is 22.1 Å². The molecule has 0 radical (unpaired) electrons. The molecule has 0 aliphatic carbocycles. The van der Waals surface area contributed by atoms with E-state index in [4.69, 9.17) is 0 Å². The molecule has 2 rings (SSSR count). The number of rotatable bonds is 6. The Morgan fingerprint density at radius 1 is 0.654 bits per heavy atom. The van der Waals surface area contributed by atoms with Crippen LogP contribution in [0.25, 0.3) is 0 Å². The number of nitrogens with one attached hydrogen (secondary N) is 2. The van der Waals surface area contributed by atoms with Crippen LogP contribution < -0.4 is 10.6 Å². The Balaban J connectivity index is 1.96. The highest BCUT2D eigenvalue weighted by atomic mass is 16.2. The summed E-state index contributed by atoms with van der Waals surface area (Å²) in [7, 11) is 0. The molecule has 0 saturated heterocycles. The summed E-state index contributed by atoms with van der Waals surface area (Å²) >= 11 is 0. The molecule has 0 atom stereocenters. The van der Waals surface area contributed by atoms with Crippen molar-refractivity contribution >= 4 is 34.6 Å². The highest BCUT2D eigenvalue weighted by Crippen LogP contribution is 2.22. The number of anilines is 2. The molecular weight excluding hydrogens is 328 g/mol. The fraction of sp³-hybridized carbons (Fsp3) is 0.300. The molecule has 0 fully saturated rings. The minimum absolute atomic E-state index is 0.0241. The summed E-state index contributed by atoms with van der Waals surface area (Å²) in [6, 6.07) is 14.3. The first-order valence-corrected chi connectivity index (χ1v) is 8.58. The van der Waals surface area contributed by atoms with Gasteiger partial charge in [-0.2, -0.15) is 10.2 Å². The van der Waals surface area contributed by atoms with Gasteiger partial charge in [0.05, 0.1) is 11.4 Å². The van der Waals surface area contributed by atoms with E-state index in [9.17, 15) is 9.59 Å². The van der Waals surface area contributed by atoms with Gasteiger partial charge in [-0.1, -0.05) is 27.7 Å². The normalized spacial score (nSPS) is 11.2. The highest BCUT2D eigenvalue weighted by molar-refractivity contribution is 5.92.